The summed E-state index contributed by atoms with van der Waals surface area (Å²) >= 11 is 0. The highest BCUT2D eigenvalue weighted by Crippen LogP contribution is 2.31. The zero-order valence-corrected chi connectivity index (χ0v) is 18.0. The Morgan fingerprint density at radius 1 is 0.968 bits per heavy atom. The van der Waals surface area contributed by atoms with Crippen LogP contribution in [0.2, 0.25) is 0 Å². The van der Waals surface area contributed by atoms with Crippen molar-refractivity contribution in [2.24, 2.45) is 0 Å². The summed E-state index contributed by atoms with van der Waals surface area (Å²) in [5.74, 6) is 1.03. The van der Waals surface area contributed by atoms with E-state index in [2.05, 4.69) is 94.2 Å². The molecular formula is C25H28N6. The van der Waals surface area contributed by atoms with Crippen LogP contribution in [-0.2, 0) is 5.54 Å². The van der Waals surface area contributed by atoms with Gasteiger partial charge in [-0.05, 0) is 49.7 Å². The van der Waals surface area contributed by atoms with Gasteiger partial charge in [-0.25, -0.2) is 4.98 Å². The first-order chi connectivity index (χ1) is 15.1. The van der Waals surface area contributed by atoms with Crippen LogP contribution in [0, 0.1) is 0 Å². The number of pyridine rings is 1. The molecule has 4 aromatic rings. The summed E-state index contributed by atoms with van der Waals surface area (Å²) < 4.78 is 0. The lowest BCUT2D eigenvalue weighted by Gasteiger charge is -2.28. The van der Waals surface area contributed by atoms with Gasteiger partial charge in [-0.15, -0.1) is 0 Å². The first-order valence-corrected chi connectivity index (χ1v) is 10.8. The lowest BCUT2D eigenvalue weighted by molar-refractivity contribution is 0.585. The average Bonchev–Trinajstić information content (AvgIpc) is 3.23. The molecule has 0 atom stereocenters. The van der Waals surface area contributed by atoms with Gasteiger partial charge >= 0.3 is 0 Å². The minimum Gasteiger partial charge on any atom is -0.376 e. The topological polar surface area (TPSA) is 68.9 Å². The molecule has 1 aliphatic rings. The van der Waals surface area contributed by atoms with E-state index in [1.165, 1.54) is 5.56 Å². The second-order valence-corrected chi connectivity index (χ2v) is 8.59. The Kier molecular flexibility index (Phi) is 5.08. The van der Waals surface area contributed by atoms with Crippen LogP contribution in [0.5, 0.6) is 0 Å². The van der Waals surface area contributed by atoms with Crippen LogP contribution in [-0.4, -0.2) is 41.4 Å². The Morgan fingerprint density at radius 3 is 2.52 bits per heavy atom. The van der Waals surface area contributed by atoms with Gasteiger partial charge in [-0.3, -0.25) is 5.10 Å². The maximum absolute atomic E-state index is 4.72. The van der Waals surface area contributed by atoms with E-state index in [1.807, 2.05) is 12.3 Å². The van der Waals surface area contributed by atoms with Crippen molar-refractivity contribution in [3.05, 3.63) is 72.4 Å². The van der Waals surface area contributed by atoms with E-state index in [-0.39, 0.29) is 5.54 Å². The predicted octanol–water partition coefficient (Wildman–Crippen LogP) is 4.38. The van der Waals surface area contributed by atoms with E-state index in [1.54, 1.807) is 0 Å². The number of piperazine rings is 1. The Hall–Kier alpha value is -3.38. The predicted molar refractivity (Wildman–Crippen MR) is 127 cm³/mol. The summed E-state index contributed by atoms with van der Waals surface area (Å²) in [4.78, 5) is 7.03. The summed E-state index contributed by atoms with van der Waals surface area (Å²) in [7, 11) is 0. The number of aromatic amines is 1. The van der Waals surface area contributed by atoms with E-state index >= 15 is 0 Å². The molecule has 3 N–H and O–H groups in total. The average molecular weight is 413 g/mol. The highest BCUT2D eigenvalue weighted by molar-refractivity contribution is 5.94. The zero-order chi connectivity index (χ0) is 21.3. The van der Waals surface area contributed by atoms with E-state index in [4.69, 9.17) is 4.98 Å². The third-order valence-corrected chi connectivity index (χ3v) is 5.98. The quantitative estimate of drug-likeness (QED) is 0.454. The van der Waals surface area contributed by atoms with Crippen LogP contribution in [0.3, 0.4) is 0 Å². The van der Waals surface area contributed by atoms with Gasteiger partial charge in [-0.1, -0.05) is 30.3 Å². The molecule has 5 rings (SSSR count). The van der Waals surface area contributed by atoms with Crippen LogP contribution in [0.1, 0.15) is 19.4 Å². The number of H-pyrrole nitrogens is 1. The molecule has 6 nitrogen and oxygen atoms in total. The fourth-order valence-corrected chi connectivity index (χ4v) is 4.21. The second kappa shape index (κ2) is 8.04. The summed E-state index contributed by atoms with van der Waals surface area (Å²) in [6.07, 6.45) is 1.93. The number of benzene rings is 2. The van der Waals surface area contributed by atoms with Gasteiger partial charge in [0.05, 0.1) is 11.1 Å². The number of nitrogens with zero attached hydrogens (tertiary/aromatic N) is 3. The Morgan fingerprint density at radius 2 is 1.77 bits per heavy atom. The standard InChI is InChI=1S/C25H28N6/c1-25(2,19-6-4-3-5-7-19)28-20-9-10-22-21(16-20)24(30-29-22)18-8-11-23(27-17-18)31-14-12-26-13-15-31/h3-11,16-17,26,28H,12-15H2,1-2H3,(H,29,30). The third kappa shape index (κ3) is 3.99. The molecule has 6 heteroatoms. The molecular weight excluding hydrogens is 384 g/mol. The molecule has 0 aliphatic carbocycles. The number of hydrogen-bond donors (Lipinski definition) is 3. The van der Waals surface area contributed by atoms with Gasteiger partial charge in [0.25, 0.3) is 0 Å². The third-order valence-electron chi connectivity index (χ3n) is 5.98. The molecule has 0 amide bonds. The highest BCUT2D eigenvalue weighted by Gasteiger charge is 2.20. The molecule has 2 aromatic carbocycles. The minimum atomic E-state index is -0.189. The van der Waals surface area contributed by atoms with Crippen molar-refractivity contribution in [3.8, 4) is 11.3 Å². The molecule has 1 fully saturated rings. The van der Waals surface area contributed by atoms with Crippen molar-refractivity contribution >= 4 is 22.4 Å². The molecule has 31 heavy (non-hydrogen) atoms. The van der Waals surface area contributed by atoms with E-state index in [9.17, 15) is 0 Å². The summed E-state index contributed by atoms with van der Waals surface area (Å²) in [6.45, 7) is 8.38. The normalized spacial score (nSPS) is 14.7. The van der Waals surface area contributed by atoms with Gasteiger partial charge in [0.1, 0.15) is 11.5 Å². The lowest BCUT2D eigenvalue weighted by Crippen LogP contribution is -2.43. The smallest absolute Gasteiger partial charge is 0.128 e. The fraction of sp³-hybridized carbons (Fsp3) is 0.280. The molecule has 1 saturated heterocycles. The van der Waals surface area contributed by atoms with Gasteiger partial charge in [0.2, 0.25) is 0 Å². The van der Waals surface area contributed by atoms with Crippen molar-refractivity contribution in [2.45, 2.75) is 19.4 Å². The number of nitrogens with one attached hydrogen (secondary N) is 3. The summed E-state index contributed by atoms with van der Waals surface area (Å²) in [5.41, 5.74) is 5.08. The number of rotatable bonds is 5. The molecule has 0 spiro atoms. The van der Waals surface area contributed by atoms with Crippen molar-refractivity contribution in [1.29, 1.82) is 0 Å². The van der Waals surface area contributed by atoms with Crippen LogP contribution in [0.4, 0.5) is 11.5 Å². The van der Waals surface area contributed by atoms with Gasteiger partial charge in [0, 0.05) is 49.0 Å². The molecule has 0 saturated carbocycles. The summed E-state index contributed by atoms with van der Waals surface area (Å²) in [6, 6.07) is 21.1. The van der Waals surface area contributed by atoms with Crippen LogP contribution in [0.25, 0.3) is 22.2 Å². The van der Waals surface area contributed by atoms with Crippen LogP contribution < -0.4 is 15.5 Å². The highest BCUT2D eigenvalue weighted by atomic mass is 15.2. The lowest BCUT2D eigenvalue weighted by atomic mass is 9.94. The first-order valence-electron chi connectivity index (χ1n) is 10.8. The molecule has 0 radical (unpaired) electrons. The number of hydrogen-bond acceptors (Lipinski definition) is 5. The number of anilines is 2. The number of fused-ring (bicyclic) bond motifs is 1. The second-order valence-electron chi connectivity index (χ2n) is 8.59. The van der Waals surface area contributed by atoms with Crippen LogP contribution in [0.15, 0.2) is 66.9 Å². The molecule has 0 unspecified atom stereocenters. The van der Waals surface area contributed by atoms with Crippen molar-refractivity contribution < 1.29 is 0 Å². The van der Waals surface area contributed by atoms with Gasteiger partial charge < -0.3 is 15.5 Å². The zero-order valence-electron chi connectivity index (χ0n) is 18.0. The Balaban J connectivity index is 1.43. The van der Waals surface area contributed by atoms with Gasteiger partial charge in [-0.2, -0.15) is 5.10 Å². The largest absolute Gasteiger partial charge is 0.376 e. The van der Waals surface area contributed by atoms with Crippen molar-refractivity contribution in [3.63, 3.8) is 0 Å². The van der Waals surface area contributed by atoms with Crippen molar-refractivity contribution in [2.75, 3.05) is 36.4 Å². The first kappa shape index (κ1) is 19.6. The SMILES string of the molecule is CC(C)(Nc1ccc2[nH]nc(-c3ccc(N4CCNCC4)nc3)c2c1)c1ccccc1. The monoisotopic (exact) mass is 412 g/mol. The molecule has 3 heterocycles. The summed E-state index contributed by atoms with van der Waals surface area (Å²) in [5, 5.41) is 15.9. The molecule has 158 valence electrons. The Bertz CT molecular complexity index is 1160. The van der Waals surface area contributed by atoms with Crippen LogP contribution >= 0.6 is 0 Å². The minimum absolute atomic E-state index is 0.189. The van der Waals surface area contributed by atoms with Gasteiger partial charge in [0.15, 0.2) is 0 Å². The molecule has 2 aromatic heterocycles. The Labute approximate surface area is 182 Å². The van der Waals surface area contributed by atoms with E-state index in [0.717, 1.165) is 59.8 Å². The molecule has 1 aliphatic heterocycles. The maximum atomic E-state index is 4.72. The number of aromatic nitrogens is 3. The van der Waals surface area contributed by atoms with E-state index in [0.29, 0.717) is 0 Å². The maximum Gasteiger partial charge on any atom is 0.128 e. The fourth-order valence-electron chi connectivity index (χ4n) is 4.21. The van der Waals surface area contributed by atoms with E-state index < -0.39 is 0 Å². The molecule has 0 bridgehead atoms. The van der Waals surface area contributed by atoms with Crippen molar-refractivity contribution in [1.82, 2.24) is 20.5 Å².